The molecule has 0 aromatic heterocycles. The number of hydrogen-bond donors (Lipinski definition) is 1. The average Bonchev–Trinajstić information content (AvgIpc) is 2.10. The summed E-state index contributed by atoms with van der Waals surface area (Å²) in [5, 5.41) is 0.762. The molecule has 0 amide bonds. The molecule has 13 heavy (non-hydrogen) atoms. The zero-order valence-corrected chi connectivity index (χ0v) is 10.0. The van der Waals surface area contributed by atoms with Crippen molar-refractivity contribution in [3.63, 3.8) is 0 Å². The van der Waals surface area contributed by atoms with Crippen LogP contribution in [-0.4, -0.2) is 0 Å². The Hall–Kier alpha value is -0.0600. The number of nitrogens with two attached hydrogens (primary N) is 1. The maximum atomic E-state index is 5.97. The highest BCUT2D eigenvalue weighted by Gasteiger charge is 2.05. The van der Waals surface area contributed by atoms with E-state index in [9.17, 15) is 0 Å². The molecule has 0 aliphatic carbocycles. The molecule has 0 fully saturated rings. The van der Waals surface area contributed by atoms with E-state index < -0.39 is 0 Å². The van der Waals surface area contributed by atoms with Gasteiger partial charge in [-0.05, 0) is 46.7 Å². The smallest absolute Gasteiger partial charge is 0.0542 e. The number of halogens is 2. The van der Waals surface area contributed by atoms with Gasteiger partial charge in [-0.1, -0.05) is 23.7 Å². The molecule has 3 heteroatoms. The summed E-state index contributed by atoms with van der Waals surface area (Å²) in [5.41, 5.74) is 6.95. The first-order valence-corrected chi connectivity index (χ1v) is 5.42. The fraction of sp³-hybridized carbons (Fsp3) is 0.200. The highest BCUT2D eigenvalue weighted by Crippen LogP contribution is 2.23. The van der Waals surface area contributed by atoms with Crippen LogP contribution in [-0.2, 0) is 0 Å². The lowest BCUT2D eigenvalue weighted by Crippen LogP contribution is -2.08. The van der Waals surface area contributed by atoms with Gasteiger partial charge in [-0.3, -0.25) is 0 Å². The van der Waals surface area contributed by atoms with E-state index >= 15 is 0 Å². The summed E-state index contributed by atoms with van der Waals surface area (Å²) >= 11 is 8.16. The molecule has 1 aromatic carbocycles. The van der Waals surface area contributed by atoms with Gasteiger partial charge in [-0.15, -0.1) is 6.58 Å². The Labute approximate surface area is 97.1 Å². The fourth-order valence-electron chi connectivity index (χ4n) is 1.06. The Bertz CT molecular complexity index is 312. The molecule has 1 rings (SSSR count). The summed E-state index contributed by atoms with van der Waals surface area (Å²) < 4.78 is 1.05. The van der Waals surface area contributed by atoms with E-state index in [4.69, 9.17) is 17.3 Å². The zero-order chi connectivity index (χ0) is 9.84. The normalized spacial score (nSPS) is 12.5. The molecule has 1 aromatic rings. The van der Waals surface area contributed by atoms with Crippen LogP contribution in [0, 0.1) is 3.57 Å². The Morgan fingerprint density at radius 2 is 2.31 bits per heavy atom. The van der Waals surface area contributed by atoms with Crippen molar-refractivity contribution in [3.05, 3.63) is 45.0 Å². The minimum absolute atomic E-state index is 0.00648. The van der Waals surface area contributed by atoms with Crippen LogP contribution in [0.25, 0.3) is 0 Å². The molecule has 0 aliphatic rings. The van der Waals surface area contributed by atoms with Crippen LogP contribution < -0.4 is 5.73 Å². The topological polar surface area (TPSA) is 26.0 Å². The second-order valence-corrected chi connectivity index (χ2v) is 4.37. The standard InChI is InChI=1S/C10H11ClIN/c1-2-3-10(13)7-4-5-9(12)8(11)6-7/h2,4-6,10H,1,3,13H2/t10-/m1/s1. The first-order chi connectivity index (χ1) is 6.15. The van der Waals surface area contributed by atoms with Crippen molar-refractivity contribution < 1.29 is 0 Å². The Balaban J connectivity index is 2.89. The van der Waals surface area contributed by atoms with E-state index in [1.54, 1.807) is 0 Å². The van der Waals surface area contributed by atoms with Gasteiger partial charge in [0.2, 0.25) is 0 Å². The minimum Gasteiger partial charge on any atom is -0.324 e. The summed E-state index contributed by atoms with van der Waals surface area (Å²) in [7, 11) is 0. The van der Waals surface area contributed by atoms with Gasteiger partial charge >= 0.3 is 0 Å². The summed E-state index contributed by atoms with van der Waals surface area (Å²) in [5.74, 6) is 0. The molecule has 0 aliphatic heterocycles. The lowest BCUT2D eigenvalue weighted by Gasteiger charge is -2.09. The highest BCUT2D eigenvalue weighted by atomic mass is 127. The van der Waals surface area contributed by atoms with Gasteiger partial charge in [0.25, 0.3) is 0 Å². The third-order valence-electron chi connectivity index (χ3n) is 1.79. The predicted molar refractivity (Wildman–Crippen MR) is 65.9 cm³/mol. The zero-order valence-electron chi connectivity index (χ0n) is 7.13. The van der Waals surface area contributed by atoms with Crippen LogP contribution in [0.4, 0.5) is 0 Å². The highest BCUT2D eigenvalue weighted by molar-refractivity contribution is 14.1. The van der Waals surface area contributed by atoms with Gasteiger partial charge in [0.05, 0.1) is 5.02 Å². The lowest BCUT2D eigenvalue weighted by atomic mass is 10.1. The molecular weight excluding hydrogens is 296 g/mol. The van der Waals surface area contributed by atoms with Crippen molar-refractivity contribution in [2.45, 2.75) is 12.5 Å². The van der Waals surface area contributed by atoms with E-state index in [2.05, 4.69) is 29.2 Å². The van der Waals surface area contributed by atoms with Gasteiger partial charge in [0.1, 0.15) is 0 Å². The summed E-state index contributed by atoms with van der Waals surface area (Å²) in [6.07, 6.45) is 2.59. The number of hydrogen-bond acceptors (Lipinski definition) is 1. The molecule has 1 nitrogen and oxygen atoms in total. The SMILES string of the molecule is C=CC[C@@H](N)c1ccc(I)c(Cl)c1. The lowest BCUT2D eigenvalue weighted by molar-refractivity contribution is 0.742. The maximum absolute atomic E-state index is 5.97. The quantitative estimate of drug-likeness (QED) is 0.671. The summed E-state index contributed by atoms with van der Waals surface area (Å²) in [4.78, 5) is 0. The number of rotatable bonds is 3. The molecule has 0 saturated heterocycles. The largest absolute Gasteiger partial charge is 0.324 e. The molecule has 70 valence electrons. The monoisotopic (exact) mass is 307 g/mol. The van der Waals surface area contributed by atoms with E-state index in [-0.39, 0.29) is 6.04 Å². The van der Waals surface area contributed by atoms with Crippen molar-refractivity contribution in [1.29, 1.82) is 0 Å². The molecule has 0 radical (unpaired) electrons. The fourth-order valence-corrected chi connectivity index (χ4v) is 1.58. The second kappa shape index (κ2) is 4.98. The van der Waals surface area contributed by atoms with Gasteiger partial charge < -0.3 is 5.73 Å². The van der Waals surface area contributed by atoms with Crippen molar-refractivity contribution in [3.8, 4) is 0 Å². The van der Waals surface area contributed by atoms with E-state index in [1.165, 1.54) is 0 Å². The van der Waals surface area contributed by atoms with Crippen molar-refractivity contribution in [2.75, 3.05) is 0 Å². The van der Waals surface area contributed by atoms with Gasteiger partial charge in [0.15, 0.2) is 0 Å². The first kappa shape index (κ1) is 11.0. The van der Waals surface area contributed by atoms with Gasteiger partial charge in [-0.25, -0.2) is 0 Å². The second-order valence-electron chi connectivity index (χ2n) is 2.80. The van der Waals surface area contributed by atoms with Gasteiger partial charge in [-0.2, -0.15) is 0 Å². The maximum Gasteiger partial charge on any atom is 0.0542 e. The third kappa shape index (κ3) is 2.97. The molecule has 0 unspecified atom stereocenters. The van der Waals surface area contributed by atoms with E-state index in [0.717, 1.165) is 20.6 Å². The van der Waals surface area contributed by atoms with Crippen LogP contribution in [0.5, 0.6) is 0 Å². The Morgan fingerprint density at radius 1 is 1.62 bits per heavy atom. The van der Waals surface area contributed by atoms with Crippen molar-refractivity contribution in [1.82, 2.24) is 0 Å². The molecule has 0 saturated carbocycles. The van der Waals surface area contributed by atoms with Crippen LogP contribution in [0.15, 0.2) is 30.9 Å². The Morgan fingerprint density at radius 3 is 2.85 bits per heavy atom. The molecule has 2 N–H and O–H groups in total. The molecule has 1 atom stereocenters. The molecule has 0 bridgehead atoms. The summed E-state index contributed by atoms with van der Waals surface area (Å²) in [6.45, 7) is 3.65. The van der Waals surface area contributed by atoms with Crippen LogP contribution in [0.2, 0.25) is 5.02 Å². The van der Waals surface area contributed by atoms with E-state index in [1.807, 2.05) is 24.3 Å². The Kier molecular flexibility index (Phi) is 4.22. The molecule has 0 spiro atoms. The predicted octanol–water partition coefficient (Wildman–Crippen LogP) is 3.52. The van der Waals surface area contributed by atoms with Gasteiger partial charge in [0, 0.05) is 9.61 Å². The van der Waals surface area contributed by atoms with Crippen LogP contribution >= 0.6 is 34.2 Å². The van der Waals surface area contributed by atoms with E-state index in [0.29, 0.717) is 0 Å². The minimum atomic E-state index is 0.00648. The average molecular weight is 308 g/mol. The molecule has 0 heterocycles. The van der Waals surface area contributed by atoms with Crippen molar-refractivity contribution in [2.24, 2.45) is 5.73 Å². The first-order valence-electron chi connectivity index (χ1n) is 3.96. The van der Waals surface area contributed by atoms with Crippen LogP contribution in [0.1, 0.15) is 18.0 Å². The number of benzene rings is 1. The van der Waals surface area contributed by atoms with Crippen molar-refractivity contribution >= 4 is 34.2 Å². The molecular formula is C10H11ClIN. The van der Waals surface area contributed by atoms with Crippen LogP contribution in [0.3, 0.4) is 0 Å². The third-order valence-corrected chi connectivity index (χ3v) is 3.36. The summed E-state index contributed by atoms with van der Waals surface area (Å²) in [6, 6.07) is 5.90.